The van der Waals surface area contributed by atoms with Crippen LogP contribution in [-0.4, -0.2) is 34.5 Å². The highest BCUT2D eigenvalue weighted by Crippen LogP contribution is 2.13. The molecule has 7 heteroatoms. The Bertz CT molecular complexity index is 628. The van der Waals surface area contributed by atoms with E-state index in [0.29, 0.717) is 12.5 Å². The Kier molecular flexibility index (Phi) is 6.19. The summed E-state index contributed by atoms with van der Waals surface area (Å²) in [6.45, 7) is 8.51. The first-order valence-corrected chi connectivity index (χ1v) is 7.97. The van der Waals surface area contributed by atoms with Gasteiger partial charge in [-0.3, -0.25) is 9.67 Å². The third kappa shape index (κ3) is 5.43. The van der Waals surface area contributed by atoms with Crippen molar-refractivity contribution >= 4 is 5.96 Å². The van der Waals surface area contributed by atoms with Crippen LogP contribution >= 0.6 is 0 Å². The maximum atomic E-state index is 5.30. The van der Waals surface area contributed by atoms with Gasteiger partial charge in [0.1, 0.15) is 0 Å². The van der Waals surface area contributed by atoms with E-state index in [1.807, 2.05) is 30.1 Å². The molecule has 2 rings (SSSR count). The Morgan fingerprint density at radius 3 is 2.83 bits per heavy atom. The van der Waals surface area contributed by atoms with Crippen LogP contribution in [0.25, 0.3) is 0 Å². The van der Waals surface area contributed by atoms with Crippen LogP contribution in [0.5, 0.6) is 0 Å². The molecule has 0 aromatic carbocycles. The predicted octanol–water partition coefficient (Wildman–Crippen LogP) is 2.06. The van der Waals surface area contributed by atoms with E-state index in [4.69, 9.17) is 4.52 Å². The van der Waals surface area contributed by atoms with E-state index in [-0.39, 0.29) is 0 Å². The van der Waals surface area contributed by atoms with Gasteiger partial charge >= 0.3 is 0 Å². The number of nitrogens with zero attached hydrogens (tertiary/aromatic N) is 4. The van der Waals surface area contributed by atoms with Gasteiger partial charge < -0.3 is 15.2 Å². The Morgan fingerprint density at radius 2 is 2.22 bits per heavy atom. The molecule has 0 aliphatic heterocycles. The summed E-state index contributed by atoms with van der Waals surface area (Å²) in [6.07, 6.45) is 4.89. The third-order valence-electron chi connectivity index (χ3n) is 3.44. The first-order valence-electron chi connectivity index (χ1n) is 7.97. The zero-order chi connectivity index (χ0) is 16.7. The zero-order valence-corrected chi connectivity index (χ0v) is 14.3. The molecule has 0 amide bonds. The minimum absolute atomic E-state index is 0.371. The Balaban J connectivity index is 1.68. The van der Waals surface area contributed by atoms with Gasteiger partial charge in [0.15, 0.2) is 11.7 Å². The summed E-state index contributed by atoms with van der Waals surface area (Å²) in [6, 6.07) is 1.98. The van der Waals surface area contributed by atoms with Gasteiger partial charge in [0.25, 0.3) is 0 Å². The van der Waals surface area contributed by atoms with Crippen LogP contribution < -0.4 is 10.6 Å². The lowest BCUT2D eigenvalue weighted by Gasteiger charge is -2.10. The molecule has 0 aliphatic carbocycles. The van der Waals surface area contributed by atoms with E-state index in [1.54, 1.807) is 7.05 Å². The van der Waals surface area contributed by atoms with Crippen LogP contribution in [0, 0.1) is 6.92 Å². The molecule has 2 N–H and O–H groups in total. The number of hydrogen-bond acceptors (Lipinski definition) is 4. The monoisotopic (exact) mass is 318 g/mol. The van der Waals surface area contributed by atoms with E-state index in [0.717, 1.165) is 36.9 Å². The first-order chi connectivity index (χ1) is 11.1. The molecule has 2 aromatic rings. The molecule has 0 atom stereocenters. The van der Waals surface area contributed by atoms with Crippen LogP contribution in [0.15, 0.2) is 28.0 Å². The molecule has 0 fully saturated rings. The Hall–Kier alpha value is -2.31. The van der Waals surface area contributed by atoms with Crippen LogP contribution in [0.2, 0.25) is 0 Å². The number of guanidine groups is 1. The summed E-state index contributed by atoms with van der Waals surface area (Å²) in [5, 5.41) is 14.8. The zero-order valence-electron chi connectivity index (χ0n) is 14.3. The number of aryl methyl sites for hydroxylation is 2. The van der Waals surface area contributed by atoms with E-state index in [9.17, 15) is 0 Å². The summed E-state index contributed by atoms with van der Waals surface area (Å²) in [4.78, 5) is 4.20. The van der Waals surface area contributed by atoms with Crippen molar-refractivity contribution in [1.29, 1.82) is 0 Å². The fourth-order valence-electron chi connectivity index (χ4n) is 2.11. The van der Waals surface area contributed by atoms with Crippen molar-refractivity contribution in [2.24, 2.45) is 4.99 Å². The molecule has 2 aromatic heterocycles. The van der Waals surface area contributed by atoms with Gasteiger partial charge in [-0.15, -0.1) is 0 Å². The lowest BCUT2D eigenvalue weighted by Crippen LogP contribution is -2.37. The molecular formula is C16H26N6O. The van der Waals surface area contributed by atoms with Gasteiger partial charge in [-0.25, -0.2) is 0 Å². The molecule has 0 spiro atoms. The fourth-order valence-corrected chi connectivity index (χ4v) is 2.11. The topological polar surface area (TPSA) is 80.3 Å². The number of rotatable bonds is 7. The smallest absolute Gasteiger partial charge is 0.191 e. The Morgan fingerprint density at radius 1 is 1.39 bits per heavy atom. The van der Waals surface area contributed by atoms with E-state index >= 15 is 0 Å². The van der Waals surface area contributed by atoms with Crippen molar-refractivity contribution in [2.75, 3.05) is 13.6 Å². The van der Waals surface area contributed by atoms with Crippen molar-refractivity contribution in [2.45, 2.75) is 46.2 Å². The number of aromatic nitrogens is 3. The average molecular weight is 318 g/mol. The molecule has 2 heterocycles. The van der Waals surface area contributed by atoms with Gasteiger partial charge in [-0.2, -0.15) is 5.10 Å². The summed E-state index contributed by atoms with van der Waals surface area (Å²) in [7, 11) is 1.76. The summed E-state index contributed by atoms with van der Waals surface area (Å²) in [5.41, 5.74) is 2.16. The van der Waals surface area contributed by atoms with Gasteiger partial charge in [0, 0.05) is 32.4 Å². The molecule has 0 aliphatic rings. The molecule has 0 saturated heterocycles. The maximum Gasteiger partial charge on any atom is 0.191 e. The predicted molar refractivity (Wildman–Crippen MR) is 90.4 cm³/mol. The molecule has 126 valence electrons. The van der Waals surface area contributed by atoms with Crippen molar-refractivity contribution in [3.63, 3.8) is 0 Å². The molecule has 0 radical (unpaired) electrons. The average Bonchev–Trinajstić information content (AvgIpc) is 3.15. The normalized spacial score (nSPS) is 12.0. The number of nitrogens with one attached hydrogen (secondary N) is 2. The summed E-state index contributed by atoms with van der Waals surface area (Å²) in [5.74, 6) is 1.93. The highest BCUT2D eigenvalue weighted by atomic mass is 16.5. The van der Waals surface area contributed by atoms with Crippen molar-refractivity contribution in [1.82, 2.24) is 25.6 Å². The first kappa shape index (κ1) is 17.1. The largest absolute Gasteiger partial charge is 0.359 e. The van der Waals surface area contributed by atoms with Gasteiger partial charge in [0.2, 0.25) is 0 Å². The number of aliphatic imine (C=N–C) groups is 1. The second kappa shape index (κ2) is 8.36. The highest BCUT2D eigenvalue weighted by molar-refractivity contribution is 5.79. The quantitative estimate of drug-likeness (QED) is 0.464. The standard InChI is InChI=1S/C16H26N6O/c1-12(2)15-8-14(23-21-15)10-19-16(17-4)18-6-5-7-22-11-13(3)9-20-22/h8-9,11-12H,5-7,10H2,1-4H3,(H2,17,18,19). The lowest BCUT2D eigenvalue weighted by molar-refractivity contribution is 0.372. The molecule has 0 saturated carbocycles. The van der Waals surface area contributed by atoms with Crippen LogP contribution in [-0.2, 0) is 13.1 Å². The number of hydrogen-bond donors (Lipinski definition) is 2. The molecule has 23 heavy (non-hydrogen) atoms. The van der Waals surface area contributed by atoms with Gasteiger partial charge in [0.05, 0.1) is 18.4 Å². The van der Waals surface area contributed by atoms with Crippen molar-refractivity contribution < 1.29 is 4.52 Å². The molecule has 7 nitrogen and oxygen atoms in total. The summed E-state index contributed by atoms with van der Waals surface area (Å²) >= 11 is 0. The maximum absolute atomic E-state index is 5.30. The minimum atomic E-state index is 0.371. The van der Waals surface area contributed by atoms with E-state index in [2.05, 4.69) is 39.7 Å². The van der Waals surface area contributed by atoms with Crippen LogP contribution in [0.1, 0.15) is 43.2 Å². The van der Waals surface area contributed by atoms with E-state index < -0.39 is 0 Å². The fraction of sp³-hybridized carbons (Fsp3) is 0.562. The van der Waals surface area contributed by atoms with Crippen molar-refractivity contribution in [3.05, 3.63) is 35.5 Å². The Labute approximate surface area is 137 Å². The SMILES string of the molecule is CN=C(NCCCn1cc(C)cn1)NCc1cc(C(C)C)no1. The van der Waals surface area contributed by atoms with Gasteiger partial charge in [-0.1, -0.05) is 19.0 Å². The molecular weight excluding hydrogens is 292 g/mol. The molecule has 0 unspecified atom stereocenters. The second-order valence-electron chi connectivity index (χ2n) is 5.86. The highest BCUT2D eigenvalue weighted by Gasteiger charge is 2.08. The van der Waals surface area contributed by atoms with Crippen molar-refractivity contribution in [3.8, 4) is 0 Å². The molecule has 0 bridgehead atoms. The minimum Gasteiger partial charge on any atom is -0.359 e. The lowest BCUT2D eigenvalue weighted by atomic mass is 10.1. The summed E-state index contributed by atoms with van der Waals surface area (Å²) < 4.78 is 7.25. The second-order valence-corrected chi connectivity index (χ2v) is 5.86. The van der Waals surface area contributed by atoms with Crippen LogP contribution in [0.3, 0.4) is 0 Å². The van der Waals surface area contributed by atoms with Gasteiger partial charge in [-0.05, 0) is 24.8 Å². The third-order valence-corrected chi connectivity index (χ3v) is 3.44. The van der Waals surface area contributed by atoms with E-state index in [1.165, 1.54) is 5.56 Å². The van der Waals surface area contributed by atoms with Crippen LogP contribution in [0.4, 0.5) is 0 Å².